The van der Waals surface area contributed by atoms with Crippen molar-refractivity contribution in [3.63, 3.8) is 0 Å². The lowest BCUT2D eigenvalue weighted by Crippen LogP contribution is -2.27. The molecule has 6 heteroatoms. The number of anilines is 1. The van der Waals surface area contributed by atoms with E-state index >= 15 is 0 Å². The largest absolute Gasteiger partial charge is 0.480 e. The zero-order chi connectivity index (χ0) is 11.6. The third-order valence-corrected chi connectivity index (χ3v) is 2.12. The predicted molar refractivity (Wildman–Crippen MR) is 56.0 cm³/mol. The van der Waals surface area contributed by atoms with Crippen molar-refractivity contribution >= 4 is 11.9 Å². The quantitative estimate of drug-likeness (QED) is 0.785. The summed E-state index contributed by atoms with van der Waals surface area (Å²) in [6.07, 6.45) is 0. The van der Waals surface area contributed by atoms with Gasteiger partial charge in [0, 0.05) is 20.0 Å². The van der Waals surface area contributed by atoms with E-state index in [1.54, 1.807) is 11.9 Å². The summed E-state index contributed by atoms with van der Waals surface area (Å²) in [5.41, 5.74) is 0. The predicted octanol–water partition coefficient (Wildman–Crippen LogP) is 0.459. The smallest absolute Gasteiger partial charge is 0.323 e. The van der Waals surface area contributed by atoms with Crippen LogP contribution >= 0.6 is 0 Å². The van der Waals surface area contributed by atoms with Crippen LogP contribution in [0.1, 0.15) is 25.6 Å². The fourth-order valence-corrected chi connectivity index (χ4v) is 1.44. The molecule has 0 aliphatic heterocycles. The highest BCUT2D eigenvalue weighted by Crippen LogP contribution is 2.16. The Morgan fingerprint density at radius 1 is 1.53 bits per heavy atom. The van der Waals surface area contributed by atoms with Gasteiger partial charge in [-0.2, -0.15) is 0 Å². The normalized spacial score (nSPS) is 10.7. The molecule has 0 atom stereocenters. The molecule has 0 unspecified atom stereocenters. The molecule has 0 radical (unpaired) electrons. The van der Waals surface area contributed by atoms with Crippen LogP contribution in [0.4, 0.5) is 5.95 Å². The van der Waals surface area contributed by atoms with Gasteiger partial charge < -0.3 is 14.6 Å². The third kappa shape index (κ3) is 2.45. The molecule has 0 amide bonds. The van der Waals surface area contributed by atoms with Crippen LogP contribution in [0.15, 0.2) is 0 Å². The molecule has 6 nitrogen and oxygen atoms in total. The second-order valence-electron chi connectivity index (χ2n) is 3.82. The molecule has 0 aromatic carbocycles. The van der Waals surface area contributed by atoms with Crippen LogP contribution < -0.4 is 4.90 Å². The summed E-state index contributed by atoms with van der Waals surface area (Å²) in [5.74, 6) is 0.810. The Hall–Kier alpha value is -1.59. The van der Waals surface area contributed by atoms with Crippen molar-refractivity contribution in [2.75, 3.05) is 18.5 Å². The van der Waals surface area contributed by atoms with E-state index in [4.69, 9.17) is 5.11 Å². The molecule has 84 valence electrons. The topological polar surface area (TPSA) is 71.2 Å². The van der Waals surface area contributed by atoms with Crippen LogP contribution in [0.25, 0.3) is 0 Å². The molecule has 0 aliphatic carbocycles. The molecule has 0 saturated heterocycles. The lowest BCUT2D eigenvalue weighted by Gasteiger charge is -2.15. The van der Waals surface area contributed by atoms with Crippen molar-refractivity contribution in [1.29, 1.82) is 0 Å². The summed E-state index contributed by atoms with van der Waals surface area (Å²) >= 11 is 0. The number of likely N-dealkylation sites (N-methyl/N-ethyl adjacent to an activating group) is 1. The summed E-state index contributed by atoms with van der Waals surface area (Å²) in [6.45, 7) is 3.96. The zero-order valence-electron chi connectivity index (χ0n) is 9.43. The van der Waals surface area contributed by atoms with Gasteiger partial charge in [0.25, 0.3) is 0 Å². The number of aromatic nitrogens is 3. The van der Waals surface area contributed by atoms with E-state index in [1.165, 1.54) is 0 Å². The summed E-state index contributed by atoms with van der Waals surface area (Å²) in [6, 6.07) is 0. The molecule has 0 spiro atoms. The Balaban J connectivity index is 2.91. The zero-order valence-corrected chi connectivity index (χ0v) is 9.43. The van der Waals surface area contributed by atoms with Gasteiger partial charge >= 0.3 is 5.97 Å². The first-order valence-corrected chi connectivity index (χ1v) is 4.75. The molecule has 1 rings (SSSR count). The standard InChI is InChI=1S/C9H16N4O2/c1-6(2)8-10-11-9(13(8)4)12(3)5-7(14)15/h6H,5H2,1-4H3,(H,14,15). The average molecular weight is 212 g/mol. The van der Waals surface area contributed by atoms with E-state index in [9.17, 15) is 4.79 Å². The van der Waals surface area contributed by atoms with E-state index < -0.39 is 5.97 Å². The van der Waals surface area contributed by atoms with Crippen LogP contribution in [0.3, 0.4) is 0 Å². The Labute approximate surface area is 88.5 Å². The van der Waals surface area contributed by atoms with Crippen molar-refractivity contribution in [2.24, 2.45) is 7.05 Å². The van der Waals surface area contributed by atoms with Crippen molar-refractivity contribution in [3.05, 3.63) is 5.82 Å². The highest BCUT2D eigenvalue weighted by Gasteiger charge is 2.16. The fraction of sp³-hybridized carbons (Fsp3) is 0.667. The minimum absolute atomic E-state index is 0.0793. The molecule has 1 heterocycles. The number of carbonyl (C=O) groups is 1. The van der Waals surface area contributed by atoms with Gasteiger partial charge in [-0.25, -0.2) is 0 Å². The van der Waals surface area contributed by atoms with Crippen LogP contribution in [0.5, 0.6) is 0 Å². The van der Waals surface area contributed by atoms with Crippen molar-refractivity contribution in [1.82, 2.24) is 14.8 Å². The van der Waals surface area contributed by atoms with Gasteiger partial charge in [0.2, 0.25) is 5.95 Å². The minimum Gasteiger partial charge on any atom is -0.480 e. The van der Waals surface area contributed by atoms with E-state index in [0.29, 0.717) is 5.95 Å². The summed E-state index contributed by atoms with van der Waals surface area (Å²) in [5, 5.41) is 16.6. The number of nitrogens with zero attached hydrogens (tertiary/aromatic N) is 4. The van der Waals surface area contributed by atoms with Gasteiger partial charge in [-0.05, 0) is 0 Å². The van der Waals surface area contributed by atoms with Gasteiger partial charge in [-0.1, -0.05) is 13.8 Å². The van der Waals surface area contributed by atoms with Gasteiger partial charge in [0.1, 0.15) is 12.4 Å². The first-order chi connectivity index (χ1) is 6.93. The minimum atomic E-state index is -0.883. The monoisotopic (exact) mass is 212 g/mol. The summed E-state index contributed by atoms with van der Waals surface area (Å²) in [7, 11) is 3.52. The molecule has 0 fully saturated rings. The molecule has 1 aromatic heterocycles. The number of carboxylic acids is 1. The SMILES string of the molecule is CC(C)c1nnc(N(C)CC(=O)O)n1C. The Kier molecular flexibility index (Phi) is 3.28. The molecular weight excluding hydrogens is 196 g/mol. The second kappa shape index (κ2) is 4.29. The van der Waals surface area contributed by atoms with E-state index in [-0.39, 0.29) is 12.5 Å². The number of aliphatic carboxylic acids is 1. The molecule has 0 saturated carbocycles. The molecular formula is C9H16N4O2. The van der Waals surface area contributed by atoms with Crippen molar-refractivity contribution < 1.29 is 9.90 Å². The van der Waals surface area contributed by atoms with Crippen LogP contribution in [-0.4, -0.2) is 39.4 Å². The highest BCUT2D eigenvalue weighted by atomic mass is 16.4. The van der Waals surface area contributed by atoms with E-state index in [2.05, 4.69) is 10.2 Å². The maximum absolute atomic E-state index is 10.5. The maximum atomic E-state index is 10.5. The average Bonchev–Trinajstić information content (AvgIpc) is 2.45. The molecule has 0 bridgehead atoms. The van der Waals surface area contributed by atoms with Crippen LogP contribution in [0, 0.1) is 0 Å². The van der Waals surface area contributed by atoms with Crippen LogP contribution in [-0.2, 0) is 11.8 Å². The molecule has 15 heavy (non-hydrogen) atoms. The van der Waals surface area contributed by atoms with Gasteiger partial charge in [-0.15, -0.1) is 10.2 Å². The molecule has 1 N–H and O–H groups in total. The second-order valence-corrected chi connectivity index (χ2v) is 3.82. The maximum Gasteiger partial charge on any atom is 0.323 e. The summed E-state index contributed by atoms with van der Waals surface area (Å²) < 4.78 is 1.81. The summed E-state index contributed by atoms with van der Waals surface area (Å²) in [4.78, 5) is 12.1. The molecule has 1 aromatic rings. The number of carboxylic acid groups (broad SMARTS) is 1. The number of hydrogen-bond acceptors (Lipinski definition) is 4. The Morgan fingerprint density at radius 2 is 2.13 bits per heavy atom. The number of hydrogen-bond donors (Lipinski definition) is 1. The Morgan fingerprint density at radius 3 is 2.53 bits per heavy atom. The lowest BCUT2D eigenvalue weighted by molar-refractivity contribution is -0.135. The lowest BCUT2D eigenvalue weighted by atomic mass is 10.2. The first kappa shape index (κ1) is 11.5. The Bertz CT molecular complexity index is 359. The van der Waals surface area contributed by atoms with E-state index in [0.717, 1.165) is 5.82 Å². The van der Waals surface area contributed by atoms with Gasteiger partial charge in [0.05, 0.1) is 0 Å². The van der Waals surface area contributed by atoms with Crippen molar-refractivity contribution in [2.45, 2.75) is 19.8 Å². The fourth-order valence-electron chi connectivity index (χ4n) is 1.44. The molecule has 0 aliphatic rings. The number of rotatable bonds is 4. The first-order valence-electron chi connectivity index (χ1n) is 4.75. The van der Waals surface area contributed by atoms with Crippen LogP contribution in [0.2, 0.25) is 0 Å². The third-order valence-electron chi connectivity index (χ3n) is 2.12. The van der Waals surface area contributed by atoms with Crippen molar-refractivity contribution in [3.8, 4) is 0 Å². The van der Waals surface area contributed by atoms with Gasteiger partial charge in [-0.3, -0.25) is 4.79 Å². The van der Waals surface area contributed by atoms with E-state index in [1.807, 2.05) is 25.5 Å². The highest BCUT2D eigenvalue weighted by molar-refractivity contribution is 5.72. The van der Waals surface area contributed by atoms with Gasteiger partial charge in [0.15, 0.2) is 0 Å².